The first-order valence-electron chi connectivity index (χ1n) is 7.87. The van der Waals surface area contributed by atoms with Crippen LogP contribution < -0.4 is 3.40 Å². The molecule has 0 radical (unpaired) electrons. The standard InChI is InChI=1S/C16H13.C5H4N.Zr/c1-12-10-14-8-5-9-15(16(14)11-12)13-6-3-2-4-7-13;1-2-4-6-5-3-1;/h2-11H,1H3;1-4H;. The van der Waals surface area contributed by atoms with E-state index in [1.54, 1.807) is 0 Å². The summed E-state index contributed by atoms with van der Waals surface area (Å²) in [5.74, 6) is 0. The van der Waals surface area contributed by atoms with Crippen molar-refractivity contribution in [3.63, 3.8) is 0 Å². The van der Waals surface area contributed by atoms with E-state index in [1.807, 2.05) is 12.3 Å². The zero-order chi connectivity index (χ0) is 15.6. The molecule has 1 unspecified atom stereocenters. The summed E-state index contributed by atoms with van der Waals surface area (Å²) in [6.45, 7) is 2.28. The molecule has 110 valence electrons. The van der Waals surface area contributed by atoms with Gasteiger partial charge in [-0.25, -0.2) is 0 Å². The van der Waals surface area contributed by atoms with Crippen LogP contribution in [0.15, 0.2) is 78.5 Å². The van der Waals surface area contributed by atoms with Crippen molar-refractivity contribution in [3.8, 4) is 11.1 Å². The SMILES string of the molecule is CC1=Cc2c(-c3ccccc3)cccc2[CH]1[Zr][c]1ccccn1. The average Bonchev–Trinajstić information content (AvgIpc) is 2.92. The van der Waals surface area contributed by atoms with Gasteiger partial charge >= 0.3 is 149 Å². The van der Waals surface area contributed by atoms with Crippen molar-refractivity contribution < 1.29 is 23.2 Å². The Morgan fingerprint density at radius 2 is 1.70 bits per heavy atom. The number of fused-ring (bicyclic) bond motifs is 1. The topological polar surface area (TPSA) is 12.9 Å². The summed E-state index contributed by atoms with van der Waals surface area (Å²) in [6, 6.07) is 23.8. The normalized spacial score (nSPS) is 15.9. The molecule has 0 saturated carbocycles. The van der Waals surface area contributed by atoms with Crippen molar-refractivity contribution in [2.24, 2.45) is 0 Å². The molecule has 0 fully saturated rings. The predicted molar refractivity (Wildman–Crippen MR) is 92.1 cm³/mol. The van der Waals surface area contributed by atoms with Gasteiger partial charge in [-0.15, -0.1) is 0 Å². The third kappa shape index (κ3) is 2.88. The molecule has 0 N–H and O–H groups in total. The van der Waals surface area contributed by atoms with E-state index in [0.717, 1.165) is 0 Å². The average molecular weight is 375 g/mol. The molecule has 0 amide bonds. The quantitative estimate of drug-likeness (QED) is 0.652. The minimum absolute atomic E-state index is 0.604. The molecule has 1 aromatic heterocycles. The Bertz CT molecular complexity index is 854. The molecule has 1 aliphatic carbocycles. The van der Waals surface area contributed by atoms with Gasteiger partial charge in [-0.2, -0.15) is 0 Å². The molecule has 1 heterocycles. The van der Waals surface area contributed by atoms with Crippen molar-refractivity contribution in [1.29, 1.82) is 0 Å². The monoisotopic (exact) mass is 373 g/mol. The number of rotatable bonds is 3. The van der Waals surface area contributed by atoms with Crippen LogP contribution in [0.2, 0.25) is 0 Å². The Hall–Kier alpha value is -1.79. The van der Waals surface area contributed by atoms with E-state index in [4.69, 9.17) is 0 Å². The van der Waals surface area contributed by atoms with Crippen molar-refractivity contribution in [2.75, 3.05) is 0 Å². The first-order chi connectivity index (χ1) is 11.3. The van der Waals surface area contributed by atoms with Crippen LogP contribution in [-0.4, -0.2) is 4.98 Å². The van der Waals surface area contributed by atoms with Crippen LogP contribution in [0.5, 0.6) is 0 Å². The molecule has 23 heavy (non-hydrogen) atoms. The number of hydrogen-bond acceptors (Lipinski definition) is 1. The molecule has 2 aromatic carbocycles. The molecule has 1 atom stereocenters. The van der Waals surface area contributed by atoms with E-state index in [9.17, 15) is 0 Å². The van der Waals surface area contributed by atoms with Gasteiger partial charge in [0.1, 0.15) is 0 Å². The number of nitrogens with zero attached hydrogens (tertiary/aromatic N) is 1. The van der Waals surface area contributed by atoms with Gasteiger partial charge in [-0.05, 0) is 0 Å². The summed E-state index contributed by atoms with van der Waals surface area (Å²) in [4.78, 5) is 4.58. The van der Waals surface area contributed by atoms with Crippen LogP contribution in [-0.2, 0) is 23.2 Å². The van der Waals surface area contributed by atoms with Crippen LogP contribution in [0.1, 0.15) is 21.7 Å². The van der Waals surface area contributed by atoms with Gasteiger partial charge in [0.25, 0.3) is 0 Å². The molecule has 1 nitrogen and oxygen atoms in total. The Morgan fingerprint density at radius 3 is 2.48 bits per heavy atom. The Labute approximate surface area is 148 Å². The second-order valence-electron chi connectivity index (χ2n) is 5.86. The summed E-state index contributed by atoms with van der Waals surface area (Å²) in [6.07, 6.45) is 4.32. The van der Waals surface area contributed by atoms with Crippen LogP contribution in [0.3, 0.4) is 0 Å². The molecular formula is C21H17NZr. The summed E-state index contributed by atoms with van der Waals surface area (Å²) < 4.78 is 1.93. The number of allylic oxidation sites excluding steroid dienone is 1. The fourth-order valence-corrected chi connectivity index (χ4v) is 6.54. The summed E-state index contributed by atoms with van der Waals surface area (Å²) in [7, 11) is 0. The molecule has 0 spiro atoms. The van der Waals surface area contributed by atoms with E-state index in [2.05, 4.69) is 78.6 Å². The van der Waals surface area contributed by atoms with Gasteiger partial charge in [-0.3, -0.25) is 0 Å². The van der Waals surface area contributed by atoms with Crippen molar-refractivity contribution in [1.82, 2.24) is 4.98 Å². The molecule has 1 aliphatic rings. The van der Waals surface area contributed by atoms with Gasteiger partial charge in [0, 0.05) is 0 Å². The van der Waals surface area contributed by atoms with E-state index in [0.29, 0.717) is 3.63 Å². The Morgan fingerprint density at radius 1 is 0.870 bits per heavy atom. The molecular weight excluding hydrogens is 357 g/mol. The van der Waals surface area contributed by atoms with E-state index < -0.39 is 23.2 Å². The van der Waals surface area contributed by atoms with Gasteiger partial charge in [0.05, 0.1) is 0 Å². The van der Waals surface area contributed by atoms with E-state index >= 15 is 0 Å². The maximum atomic E-state index is 4.58. The van der Waals surface area contributed by atoms with E-state index in [-0.39, 0.29) is 0 Å². The number of pyridine rings is 1. The molecule has 3 aromatic rings. The summed E-state index contributed by atoms with van der Waals surface area (Å²) >= 11 is -0.787. The molecule has 4 rings (SSSR count). The van der Waals surface area contributed by atoms with Crippen molar-refractivity contribution in [3.05, 3.63) is 89.6 Å². The first-order valence-corrected chi connectivity index (χ1v) is 10.5. The maximum absolute atomic E-state index is 4.58. The molecule has 0 saturated heterocycles. The number of hydrogen-bond donors (Lipinski definition) is 0. The molecule has 0 bridgehead atoms. The molecule has 0 aliphatic heterocycles. The Balaban J connectivity index is 1.76. The number of benzene rings is 2. The fraction of sp³-hybridized carbons (Fsp3) is 0.0952. The number of aromatic nitrogens is 1. The van der Waals surface area contributed by atoms with Crippen LogP contribution in [0.25, 0.3) is 17.2 Å². The van der Waals surface area contributed by atoms with Crippen LogP contribution in [0.4, 0.5) is 0 Å². The van der Waals surface area contributed by atoms with Gasteiger partial charge in [0.2, 0.25) is 0 Å². The van der Waals surface area contributed by atoms with E-state index in [1.165, 1.54) is 31.2 Å². The zero-order valence-electron chi connectivity index (χ0n) is 13.0. The third-order valence-corrected chi connectivity index (χ3v) is 8.37. The predicted octanol–water partition coefficient (Wildman–Crippen LogP) is 4.61. The van der Waals surface area contributed by atoms with Crippen LogP contribution >= 0.6 is 0 Å². The third-order valence-electron chi connectivity index (χ3n) is 4.32. The second-order valence-corrected chi connectivity index (χ2v) is 9.24. The second kappa shape index (κ2) is 6.37. The van der Waals surface area contributed by atoms with Gasteiger partial charge < -0.3 is 0 Å². The van der Waals surface area contributed by atoms with Gasteiger partial charge in [0.15, 0.2) is 0 Å². The van der Waals surface area contributed by atoms with Crippen LogP contribution in [0, 0.1) is 0 Å². The van der Waals surface area contributed by atoms with Crippen molar-refractivity contribution in [2.45, 2.75) is 10.5 Å². The fourth-order valence-electron chi connectivity index (χ4n) is 3.21. The zero-order valence-corrected chi connectivity index (χ0v) is 15.5. The van der Waals surface area contributed by atoms with Gasteiger partial charge in [-0.1, -0.05) is 0 Å². The Kier molecular flexibility index (Phi) is 4.10. The van der Waals surface area contributed by atoms with Crippen molar-refractivity contribution >= 4 is 9.48 Å². The summed E-state index contributed by atoms with van der Waals surface area (Å²) in [5.41, 5.74) is 7.07. The first kappa shape index (κ1) is 14.8. The molecule has 2 heteroatoms. The summed E-state index contributed by atoms with van der Waals surface area (Å²) in [5, 5.41) is 0. The minimum atomic E-state index is -0.787.